The molecule has 0 saturated carbocycles. The molecule has 0 aliphatic rings. The van der Waals surface area contributed by atoms with Crippen molar-refractivity contribution in [2.75, 3.05) is 5.73 Å². The molecule has 4 heteroatoms. The van der Waals surface area contributed by atoms with Gasteiger partial charge in [-0.1, -0.05) is 25.4 Å². The Labute approximate surface area is 85.5 Å². The zero-order valence-corrected chi connectivity index (χ0v) is 9.15. The van der Waals surface area contributed by atoms with Gasteiger partial charge in [-0.2, -0.15) is 0 Å². The molecule has 0 aliphatic carbocycles. The monoisotopic (exact) mass is 217 g/mol. The minimum atomic E-state index is -1.07. The zero-order valence-electron chi connectivity index (χ0n) is 7.58. The first kappa shape index (κ1) is 10.5. The summed E-state index contributed by atoms with van der Waals surface area (Å²) in [6.07, 6.45) is 0. The molecular formula is C9H12ClNOS. The smallest absolute Gasteiger partial charge is 0.0597 e. The molecule has 1 aromatic rings. The number of benzene rings is 1. The molecule has 0 fully saturated rings. The van der Waals surface area contributed by atoms with Gasteiger partial charge in [-0.05, 0) is 18.2 Å². The quantitative estimate of drug-likeness (QED) is 0.774. The molecule has 0 radical (unpaired) electrons. The molecule has 0 bridgehead atoms. The van der Waals surface area contributed by atoms with E-state index in [9.17, 15) is 4.21 Å². The number of anilines is 1. The number of rotatable bonds is 2. The molecular weight excluding hydrogens is 206 g/mol. The normalized spacial score (nSPS) is 13.2. The third-order valence-electron chi connectivity index (χ3n) is 1.60. The van der Waals surface area contributed by atoms with Crippen LogP contribution in [0.1, 0.15) is 13.8 Å². The second kappa shape index (κ2) is 4.11. The van der Waals surface area contributed by atoms with Crippen molar-refractivity contribution in [3.63, 3.8) is 0 Å². The van der Waals surface area contributed by atoms with Crippen molar-refractivity contribution < 1.29 is 4.21 Å². The van der Waals surface area contributed by atoms with Crippen LogP contribution in [0.4, 0.5) is 5.69 Å². The predicted octanol–water partition coefficient (Wildman–Crippen LogP) is 2.44. The highest BCUT2D eigenvalue weighted by Crippen LogP contribution is 2.24. The van der Waals surface area contributed by atoms with Crippen molar-refractivity contribution in [1.82, 2.24) is 0 Å². The molecule has 0 spiro atoms. The predicted molar refractivity (Wildman–Crippen MR) is 57.4 cm³/mol. The van der Waals surface area contributed by atoms with Crippen LogP contribution in [-0.2, 0) is 10.8 Å². The van der Waals surface area contributed by atoms with E-state index in [1.807, 2.05) is 13.8 Å². The van der Waals surface area contributed by atoms with Crippen molar-refractivity contribution in [2.24, 2.45) is 0 Å². The van der Waals surface area contributed by atoms with Crippen LogP contribution in [0.5, 0.6) is 0 Å². The number of hydrogen-bond acceptors (Lipinski definition) is 2. The van der Waals surface area contributed by atoms with Crippen molar-refractivity contribution in [1.29, 1.82) is 0 Å². The minimum Gasteiger partial charge on any atom is -0.399 e. The second-order valence-electron chi connectivity index (χ2n) is 3.04. The molecule has 13 heavy (non-hydrogen) atoms. The molecule has 1 aromatic carbocycles. The lowest BCUT2D eigenvalue weighted by atomic mass is 10.3. The van der Waals surface area contributed by atoms with Crippen LogP contribution in [0.3, 0.4) is 0 Å². The number of halogens is 1. The summed E-state index contributed by atoms with van der Waals surface area (Å²) < 4.78 is 11.7. The summed E-state index contributed by atoms with van der Waals surface area (Å²) in [6, 6.07) is 5.04. The van der Waals surface area contributed by atoms with E-state index in [1.54, 1.807) is 18.2 Å². The third kappa shape index (κ3) is 2.45. The lowest BCUT2D eigenvalue weighted by Crippen LogP contribution is -2.06. The zero-order chi connectivity index (χ0) is 10.0. The summed E-state index contributed by atoms with van der Waals surface area (Å²) in [5, 5.41) is 0.570. The summed E-state index contributed by atoms with van der Waals surface area (Å²) in [6.45, 7) is 3.77. The first-order valence-electron chi connectivity index (χ1n) is 3.98. The molecule has 1 rings (SSSR count). The van der Waals surface area contributed by atoms with Crippen LogP contribution in [0, 0.1) is 0 Å². The number of nitrogens with two attached hydrogens (primary N) is 1. The van der Waals surface area contributed by atoms with E-state index < -0.39 is 10.8 Å². The lowest BCUT2D eigenvalue weighted by molar-refractivity contribution is 0.677. The fourth-order valence-electron chi connectivity index (χ4n) is 0.928. The highest BCUT2D eigenvalue weighted by atomic mass is 35.5. The Morgan fingerprint density at radius 2 is 2.08 bits per heavy atom. The molecule has 2 nitrogen and oxygen atoms in total. The summed E-state index contributed by atoms with van der Waals surface area (Å²) >= 11 is 5.89. The highest BCUT2D eigenvalue weighted by Gasteiger charge is 2.12. The minimum absolute atomic E-state index is 0.0549. The van der Waals surface area contributed by atoms with E-state index in [1.165, 1.54) is 0 Å². The molecule has 0 aliphatic heterocycles. The Bertz CT molecular complexity index is 338. The molecule has 0 saturated heterocycles. The van der Waals surface area contributed by atoms with Gasteiger partial charge >= 0.3 is 0 Å². The fraction of sp³-hybridized carbons (Fsp3) is 0.333. The van der Waals surface area contributed by atoms with Gasteiger partial charge in [-0.15, -0.1) is 0 Å². The molecule has 0 heterocycles. The molecule has 1 atom stereocenters. The van der Waals surface area contributed by atoms with Gasteiger partial charge < -0.3 is 5.73 Å². The third-order valence-corrected chi connectivity index (χ3v) is 3.67. The van der Waals surface area contributed by atoms with Gasteiger partial charge in [-0.25, -0.2) is 0 Å². The van der Waals surface area contributed by atoms with Gasteiger partial charge in [-0.3, -0.25) is 4.21 Å². The molecule has 2 N–H and O–H groups in total. The van der Waals surface area contributed by atoms with Crippen LogP contribution >= 0.6 is 11.6 Å². The van der Waals surface area contributed by atoms with Crippen molar-refractivity contribution in [3.05, 3.63) is 23.2 Å². The Balaban J connectivity index is 3.13. The van der Waals surface area contributed by atoms with Gasteiger partial charge in [0.15, 0.2) is 0 Å². The van der Waals surface area contributed by atoms with E-state index >= 15 is 0 Å². The van der Waals surface area contributed by atoms with E-state index in [2.05, 4.69) is 0 Å². The first-order valence-corrected chi connectivity index (χ1v) is 5.57. The Morgan fingerprint density at radius 3 is 2.62 bits per heavy atom. The second-order valence-corrected chi connectivity index (χ2v) is 5.42. The van der Waals surface area contributed by atoms with Gasteiger partial charge in [0.1, 0.15) is 0 Å². The standard InChI is InChI=1S/C9H12ClNOS/c1-6(2)13(12)9-5-7(11)3-4-8(9)10/h3-6H,11H2,1-2H3. The van der Waals surface area contributed by atoms with Crippen molar-refractivity contribution in [3.8, 4) is 0 Å². The Hall–Kier alpha value is -0.540. The topological polar surface area (TPSA) is 43.1 Å². The van der Waals surface area contributed by atoms with E-state index in [4.69, 9.17) is 17.3 Å². The Morgan fingerprint density at radius 1 is 1.46 bits per heavy atom. The maximum absolute atomic E-state index is 11.7. The first-order chi connectivity index (χ1) is 6.02. The fourth-order valence-corrected chi connectivity index (χ4v) is 2.29. The summed E-state index contributed by atoms with van der Waals surface area (Å²) in [5.74, 6) is 0. The van der Waals surface area contributed by atoms with Crippen LogP contribution in [0.25, 0.3) is 0 Å². The van der Waals surface area contributed by atoms with Crippen LogP contribution in [0.2, 0.25) is 5.02 Å². The molecule has 0 aromatic heterocycles. The highest BCUT2D eigenvalue weighted by molar-refractivity contribution is 7.85. The van der Waals surface area contributed by atoms with E-state index in [-0.39, 0.29) is 5.25 Å². The average molecular weight is 218 g/mol. The van der Waals surface area contributed by atoms with Crippen LogP contribution in [-0.4, -0.2) is 9.46 Å². The lowest BCUT2D eigenvalue weighted by Gasteiger charge is -2.07. The molecule has 0 amide bonds. The summed E-state index contributed by atoms with van der Waals surface area (Å²) in [5.41, 5.74) is 6.16. The number of hydrogen-bond donors (Lipinski definition) is 1. The van der Waals surface area contributed by atoms with Crippen LogP contribution < -0.4 is 5.73 Å². The molecule has 72 valence electrons. The van der Waals surface area contributed by atoms with Gasteiger partial charge in [0.25, 0.3) is 0 Å². The maximum Gasteiger partial charge on any atom is 0.0597 e. The van der Waals surface area contributed by atoms with E-state index in [0.717, 1.165) is 0 Å². The molecule has 1 unspecified atom stereocenters. The van der Waals surface area contributed by atoms with Crippen molar-refractivity contribution in [2.45, 2.75) is 24.0 Å². The summed E-state index contributed by atoms with van der Waals surface area (Å²) in [4.78, 5) is 0.622. The Kier molecular flexibility index (Phi) is 3.33. The largest absolute Gasteiger partial charge is 0.399 e. The van der Waals surface area contributed by atoms with Gasteiger partial charge in [0.05, 0.1) is 20.7 Å². The summed E-state index contributed by atoms with van der Waals surface area (Å²) in [7, 11) is -1.07. The van der Waals surface area contributed by atoms with Crippen LogP contribution in [0.15, 0.2) is 23.1 Å². The van der Waals surface area contributed by atoms with Gasteiger partial charge in [0, 0.05) is 10.9 Å². The maximum atomic E-state index is 11.7. The number of nitrogen functional groups attached to an aromatic ring is 1. The van der Waals surface area contributed by atoms with Crippen molar-refractivity contribution >= 4 is 28.1 Å². The van der Waals surface area contributed by atoms with E-state index in [0.29, 0.717) is 15.6 Å². The average Bonchev–Trinajstić information content (AvgIpc) is 2.08. The van der Waals surface area contributed by atoms with Gasteiger partial charge in [0.2, 0.25) is 0 Å². The SMILES string of the molecule is CC(C)S(=O)c1cc(N)ccc1Cl.